The van der Waals surface area contributed by atoms with E-state index in [1.807, 2.05) is 42.9 Å². The Morgan fingerprint density at radius 2 is 2.15 bits per heavy atom. The van der Waals surface area contributed by atoms with E-state index in [-0.39, 0.29) is 24.7 Å². The van der Waals surface area contributed by atoms with Gasteiger partial charge in [-0.15, -0.1) is 0 Å². The highest BCUT2D eigenvalue weighted by molar-refractivity contribution is 6.08. The van der Waals surface area contributed by atoms with Crippen LogP contribution in [0.15, 0.2) is 36.7 Å². The molecule has 1 atom stereocenters. The van der Waals surface area contributed by atoms with Crippen LogP contribution in [0.5, 0.6) is 0 Å². The van der Waals surface area contributed by atoms with Crippen LogP contribution in [0.4, 0.5) is 5.82 Å². The van der Waals surface area contributed by atoms with E-state index in [2.05, 4.69) is 16.1 Å². The molecule has 3 aromatic heterocycles. The molecule has 5 rings (SSSR count). The number of nitrogens with zero attached hydrogens (tertiary/aromatic N) is 5. The van der Waals surface area contributed by atoms with Crippen molar-refractivity contribution in [3.63, 3.8) is 0 Å². The van der Waals surface area contributed by atoms with Gasteiger partial charge >= 0.3 is 5.97 Å². The average molecular weight is 449 g/mol. The fraction of sp³-hybridized carbons (Fsp3) is 0.417. The number of rotatable bonds is 6. The Bertz CT molecular complexity index is 1300. The number of nitrogens with two attached hydrogens (primary N) is 1. The molecule has 0 spiro atoms. The van der Waals surface area contributed by atoms with Crippen molar-refractivity contribution in [1.82, 2.24) is 24.5 Å². The van der Waals surface area contributed by atoms with Crippen molar-refractivity contribution in [3.8, 4) is 11.3 Å². The van der Waals surface area contributed by atoms with Crippen molar-refractivity contribution >= 4 is 33.6 Å². The first kappa shape index (κ1) is 21.4. The number of pyridine rings is 1. The van der Waals surface area contributed by atoms with Crippen molar-refractivity contribution in [3.05, 3.63) is 36.7 Å². The summed E-state index contributed by atoms with van der Waals surface area (Å²) in [5, 5.41) is 10.9. The molecule has 1 aliphatic rings. The molecule has 0 bridgehead atoms. The largest absolute Gasteiger partial charge is 0.464 e. The molecule has 172 valence electrons. The number of benzene rings is 1. The minimum absolute atomic E-state index is 0.0412. The van der Waals surface area contributed by atoms with Gasteiger partial charge in [-0.25, -0.2) is 9.67 Å². The van der Waals surface area contributed by atoms with Crippen LogP contribution in [0.3, 0.4) is 0 Å². The lowest BCUT2D eigenvalue weighted by Gasteiger charge is -2.24. The predicted octanol–water partition coefficient (Wildman–Crippen LogP) is 3.93. The van der Waals surface area contributed by atoms with E-state index in [4.69, 9.17) is 20.3 Å². The first-order valence-electron chi connectivity index (χ1n) is 11.4. The summed E-state index contributed by atoms with van der Waals surface area (Å²) in [5.41, 5.74) is 9.82. The topological polar surface area (TPSA) is 110 Å². The summed E-state index contributed by atoms with van der Waals surface area (Å²) >= 11 is 0. The lowest BCUT2D eigenvalue weighted by molar-refractivity contribution is -0.147. The zero-order chi connectivity index (χ0) is 22.9. The van der Waals surface area contributed by atoms with Gasteiger partial charge in [-0.3, -0.25) is 9.48 Å². The molecular weight excluding hydrogens is 420 g/mol. The van der Waals surface area contributed by atoms with E-state index in [9.17, 15) is 4.79 Å². The maximum absolute atomic E-state index is 11.7. The van der Waals surface area contributed by atoms with E-state index in [1.165, 1.54) is 0 Å². The summed E-state index contributed by atoms with van der Waals surface area (Å²) in [4.78, 5) is 16.3. The van der Waals surface area contributed by atoms with E-state index in [0.717, 1.165) is 58.9 Å². The van der Waals surface area contributed by atoms with Gasteiger partial charge in [-0.1, -0.05) is 19.9 Å². The SMILES string of the molecule is CC(C)C(=O)OCCn1cc2c(N)nc3cc(-c4ccnn4C4CCCCO4)ccc3c2n1. The van der Waals surface area contributed by atoms with Gasteiger partial charge < -0.3 is 15.2 Å². The number of hydrogen-bond donors (Lipinski definition) is 1. The number of carbonyl (C=O) groups excluding carboxylic acids is 1. The summed E-state index contributed by atoms with van der Waals surface area (Å²) in [6.07, 6.45) is 6.80. The minimum Gasteiger partial charge on any atom is -0.464 e. The Kier molecular flexibility index (Phi) is 5.72. The van der Waals surface area contributed by atoms with Gasteiger partial charge in [0.05, 0.1) is 29.1 Å². The Labute approximate surface area is 191 Å². The number of esters is 1. The molecule has 4 heterocycles. The third-order valence-electron chi connectivity index (χ3n) is 5.96. The predicted molar refractivity (Wildman–Crippen MR) is 125 cm³/mol. The van der Waals surface area contributed by atoms with Crippen LogP contribution < -0.4 is 5.73 Å². The van der Waals surface area contributed by atoms with Crippen molar-refractivity contribution in [2.45, 2.75) is 45.9 Å². The van der Waals surface area contributed by atoms with Crippen LogP contribution in [0.25, 0.3) is 33.1 Å². The number of carbonyl (C=O) groups is 1. The highest BCUT2D eigenvalue weighted by Gasteiger charge is 2.20. The molecule has 4 aromatic rings. The van der Waals surface area contributed by atoms with Gasteiger partial charge in [-0.05, 0) is 37.5 Å². The molecule has 0 saturated carbocycles. The summed E-state index contributed by atoms with van der Waals surface area (Å²) in [5.74, 6) is 0.0496. The van der Waals surface area contributed by atoms with E-state index in [1.54, 1.807) is 10.9 Å². The van der Waals surface area contributed by atoms with Gasteiger partial charge in [0, 0.05) is 30.0 Å². The molecule has 9 nitrogen and oxygen atoms in total. The normalized spacial score (nSPS) is 16.6. The maximum Gasteiger partial charge on any atom is 0.308 e. The lowest BCUT2D eigenvalue weighted by atomic mass is 10.1. The van der Waals surface area contributed by atoms with E-state index in [0.29, 0.717) is 12.4 Å². The number of anilines is 1. The molecule has 33 heavy (non-hydrogen) atoms. The number of nitrogen functional groups attached to an aromatic ring is 1. The highest BCUT2D eigenvalue weighted by atomic mass is 16.5. The van der Waals surface area contributed by atoms with Crippen LogP contribution in [0.2, 0.25) is 0 Å². The van der Waals surface area contributed by atoms with Gasteiger partial charge in [0.2, 0.25) is 0 Å². The van der Waals surface area contributed by atoms with Gasteiger partial charge in [0.25, 0.3) is 0 Å². The van der Waals surface area contributed by atoms with Gasteiger partial charge in [-0.2, -0.15) is 10.2 Å². The zero-order valence-corrected chi connectivity index (χ0v) is 18.9. The zero-order valence-electron chi connectivity index (χ0n) is 18.9. The minimum atomic E-state index is -0.219. The molecule has 1 unspecified atom stereocenters. The number of fused-ring (bicyclic) bond motifs is 3. The number of hydrogen-bond acceptors (Lipinski definition) is 7. The smallest absolute Gasteiger partial charge is 0.308 e. The summed E-state index contributed by atoms with van der Waals surface area (Å²) in [7, 11) is 0. The van der Waals surface area contributed by atoms with E-state index >= 15 is 0 Å². The molecule has 2 N–H and O–H groups in total. The summed E-state index contributed by atoms with van der Waals surface area (Å²) < 4.78 is 14.9. The Morgan fingerprint density at radius 1 is 1.27 bits per heavy atom. The van der Waals surface area contributed by atoms with Crippen LogP contribution in [-0.2, 0) is 20.8 Å². The van der Waals surface area contributed by atoms with Crippen LogP contribution >= 0.6 is 0 Å². The Balaban J connectivity index is 1.45. The molecule has 9 heteroatoms. The third kappa shape index (κ3) is 4.16. The first-order valence-corrected chi connectivity index (χ1v) is 11.4. The molecule has 1 aromatic carbocycles. The quantitative estimate of drug-likeness (QED) is 0.445. The second kappa shape index (κ2) is 8.82. The van der Waals surface area contributed by atoms with Gasteiger partial charge in [0.15, 0.2) is 6.23 Å². The third-order valence-corrected chi connectivity index (χ3v) is 5.96. The average Bonchev–Trinajstić information content (AvgIpc) is 3.47. The molecule has 0 amide bonds. The van der Waals surface area contributed by atoms with Crippen LogP contribution in [-0.4, -0.2) is 43.7 Å². The molecule has 1 saturated heterocycles. The van der Waals surface area contributed by atoms with Crippen LogP contribution in [0.1, 0.15) is 39.3 Å². The highest BCUT2D eigenvalue weighted by Crippen LogP contribution is 2.32. The fourth-order valence-corrected chi connectivity index (χ4v) is 4.19. The second-order valence-electron chi connectivity index (χ2n) is 8.69. The maximum atomic E-state index is 11.7. The Morgan fingerprint density at radius 3 is 2.94 bits per heavy atom. The van der Waals surface area contributed by atoms with Crippen LogP contribution in [0, 0.1) is 5.92 Å². The molecular formula is C24H28N6O3. The molecule has 1 fully saturated rings. The monoisotopic (exact) mass is 448 g/mol. The van der Waals surface area contributed by atoms with Gasteiger partial charge in [0.1, 0.15) is 17.9 Å². The van der Waals surface area contributed by atoms with Crippen molar-refractivity contribution in [2.24, 2.45) is 5.92 Å². The fourth-order valence-electron chi connectivity index (χ4n) is 4.19. The second-order valence-corrected chi connectivity index (χ2v) is 8.69. The van der Waals surface area contributed by atoms with Crippen molar-refractivity contribution in [1.29, 1.82) is 0 Å². The standard InChI is InChI=1S/C24H28N6O3/c1-15(2)24(31)33-12-10-29-14-18-22(28-29)17-7-6-16(13-19(17)27-23(18)25)20-8-9-26-30(20)21-5-3-4-11-32-21/h6-9,13-15,21H,3-5,10-12H2,1-2H3,(H2,25,27). The molecule has 0 radical (unpaired) electrons. The Hall–Kier alpha value is -3.46. The van der Waals surface area contributed by atoms with Crippen molar-refractivity contribution in [2.75, 3.05) is 18.9 Å². The van der Waals surface area contributed by atoms with E-state index < -0.39 is 0 Å². The molecule has 1 aliphatic heterocycles. The first-order chi connectivity index (χ1) is 16.0. The number of aromatic nitrogens is 5. The number of ether oxygens (including phenoxy) is 2. The summed E-state index contributed by atoms with van der Waals surface area (Å²) in [6, 6.07) is 8.09. The van der Waals surface area contributed by atoms with Crippen molar-refractivity contribution < 1.29 is 14.3 Å². The summed E-state index contributed by atoms with van der Waals surface area (Å²) in [6.45, 7) is 5.09. The molecule has 0 aliphatic carbocycles. The lowest BCUT2D eigenvalue weighted by Crippen LogP contribution is -2.19.